The van der Waals surface area contributed by atoms with E-state index in [9.17, 15) is 19.7 Å². The Labute approximate surface area is 222 Å². The third-order valence-corrected chi connectivity index (χ3v) is 6.99. The van der Waals surface area contributed by atoms with E-state index in [1.807, 2.05) is 42.5 Å². The highest BCUT2D eigenvalue weighted by Crippen LogP contribution is 2.36. The lowest BCUT2D eigenvalue weighted by atomic mass is 10.1. The minimum absolute atomic E-state index is 0.0392. The summed E-state index contributed by atoms with van der Waals surface area (Å²) in [6.45, 7) is 0.138. The number of nitro groups is 1. The minimum Gasteiger partial charge on any atom is -0.493 e. The summed E-state index contributed by atoms with van der Waals surface area (Å²) in [5.41, 5.74) is 1.87. The Morgan fingerprint density at radius 1 is 0.921 bits per heavy atom. The summed E-state index contributed by atoms with van der Waals surface area (Å²) < 4.78 is 11.2. The first-order chi connectivity index (χ1) is 18.4. The molecule has 9 heteroatoms. The normalized spacial score (nSPS) is 14.3. The van der Waals surface area contributed by atoms with E-state index in [-0.39, 0.29) is 30.0 Å². The summed E-state index contributed by atoms with van der Waals surface area (Å²) in [7, 11) is 1.49. The lowest BCUT2D eigenvalue weighted by Crippen LogP contribution is -2.27. The fourth-order valence-electron chi connectivity index (χ4n) is 4.17. The molecule has 1 fully saturated rings. The van der Waals surface area contributed by atoms with Gasteiger partial charge in [0.05, 0.1) is 29.0 Å². The van der Waals surface area contributed by atoms with Gasteiger partial charge in [0.1, 0.15) is 6.61 Å². The molecule has 0 atom stereocenters. The molecule has 1 aliphatic heterocycles. The van der Waals surface area contributed by atoms with Gasteiger partial charge in [0.15, 0.2) is 11.5 Å². The van der Waals surface area contributed by atoms with Crippen LogP contribution in [0.25, 0.3) is 16.8 Å². The average Bonchev–Trinajstić information content (AvgIpc) is 3.19. The molecule has 1 aliphatic rings. The van der Waals surface area contributed by atoms with Gasteiger partial charge in [-0.3, -0.25) is 24.6 Å². The maximum atomic E-state index is 13.1. The zero-order valence-electron chi connectivity index (χ0n) is 20.3. The predicted molar refractivity (Wildman–Crippen MR) is 146 cm³/mol. The van der Waals surface area contributed by atoms with E-state index < -0.39 is 4.92 Å². The van der Waals surface area contributed by atoms with Crippen molar-refractivity contribution in [3.63, 3.8) is 0 Å². The molecule has 0 aliphatic carbocycles. The van der Waals surface area contributed by atoms with Gasteiger partial charge in [-0.05, 0) is 64.0 Å². The number of para-hydroxylation sites is 1. The van der Waals surface area contributed by atoms with E-state index in [1.54, 1.807) is 42.5 Å². The maximum absolute atomic E-state index is 13.1. The summed E-state index contributed by atoms with van der Waals surface area (Å²) in [5, 5.41) is 13.1. The topological polar surface area (TPSA) is 99.0 Å². The Hall–Kier alpha value is -4.63. The quantitative estimate of drug-likeness (QED) is 0.145. The van der Waals surface area contributed by atoms with Crippen LogP contribution < -0.4 is 9.47 Å². The largest absolute Gasteiger partial charge is 0.493 e. The van der Waals surface area contributed by atoms with Gasteiger partial charge in [-0.15, -0.1) is 0 Å². The van der Waals surface area contributed by atoms with Crippen LogP contribution in [0.1, 0.15) is 16.7 Å². The van der Waals surface area contributed by atoms with Crippen molar-refractivity contribution in [2.24, 2.45) is 0 Å². The number of carbonyl (C=O) groups is 2. The standard InChI is InChI=1S/C29H22N2O6S/c1-36-25-13-11-19(15-26(25)37-18-23-8-4-5-9-24(23)31(34)35)16-27-28(32)30(29(33)38-27)17-20-10-12-21-6-2-3-7-22(21)14-20/h2-16H,17-18H2,1H3/b27-16-. The van der Waals surface area contributed by atoms with Crippen molar-refractivity contribution in [2.45, 2.75) is 13.2 Å². The highest BCUT2D eigenvalue weighted by Gasteiger charge is 2.35. The highest BCUT2D eigenvalue weighted by molar-refractivity contribution is 8.18. The van der Waals surface area contributed by atoms with Crippen LogP contribution in [-0.4, -0.2) is 28.1 Å². The third-order valence-electron chi connectivity index (χ3n) is 6.09. The molecule has 5 rings (SSSR count). The van der Waals surface area contributed by atoms with Gasteiger partial charge < -0.3 is 9.47 Å². The number of hydrogen-bond acceptors (Lipinski definition) is 7. The number of amides is 2. The lowest BCUT2D eigenvalue weighted by molar-refractivity contribution is -0.385. The van der Waals surface area contributed by atoms with Crippen molar-refractivity contribution in [2.75, 3.05) is 7.11 Å². The monoisotopic (exact) mass is 526 g/mol. The molecule has 1 saturated heterocycles. The first-order valence-corrected chi connectivity index (χ1v) is 12.5. The molecular formula is C29H22N2O6S. The summed E-state index contributed by atoms with van der Waals surface area (Å²) >= 11 is 0.882. The summed E-state index contributed by atoms with van der Waals surface area (Å²) in [4.78, 5) is 38.2. The highest BCUT2D eigenvalue weighted by atomic mass is 32.2. The number of imide groups is 1. The SMILES string of the molecule is COc1ccc(/C=C2\SC(=O)N(Cc3ccc4ccccc4c3)C2=O)cc1OCc1ccccc1[N+](=O)[O-]. The van der Waals surface area contributed by atoms with Crippen molar-refractivity contribution in [3.8, 4) is 11.5 Å². The number of fused-ring (bicyclic) bond motifs is 1. The Balaban J connectivity index is 1.35. The van der Waals surface area contributed by atoms with Crippen LogP contribution in [0.2, 0.25) is 0 Å². The van der Waals surface area contributed by atoms with Crippen molar-refractivity contribution >= 4 is 45.4 Å². The first-order valence-electron chi connectivity index (χ1n) is 11.7. The lowest BCUT2D eigenvalue weighted by Gasteiger charge is -2.13. The number of hydrogen-bond donors (Lipinski definition) is 0. The van der Waals surface area contributed by atoms with Crippen molar-refractivity contribution < 1.29 is 24.0 Å². The number of nitro benzene ring substituents is 1. The van der Waals surface area contributed by atoms with Crippen LogP contribution in [0, 0.1) is 10.1 Å². The molecule has 0 unspecified atom stereocenters. The molecule has 38 heavy (non-hydrogen) atoms. The van der Waals surface area contributed by atoms with Crippen LogP contribution in [-0.2, 0) is 17.9 Å². The van der Waals surface area contributed by atoms with E-state index in [0.717, 1.165) is 28.1 Å². The van der Waals surface area contributed by atoms with Crippen molar-refractivity contribution in [1.29, 1.82) is 0 Å². The average molecular weight is 527 g/mol. The Morgan fingerprint density at radius 3 is 2.47 bits per heavy atom. The van der Waals surface area contributed by atoms with Crippen LogP contribution in [0.5, 0.6) is 11.5 Å². The zero-order chi connectivity index (χ0) is 26.6. The molecule has 4 aromatic carbocycles. The molecule has 1 heterocycles. The van der Waals surface area contributed by atoms with Crippen LogP contribution in [0.4, 0.5) is 10.5 Å². The Kier molecular flexibility index (Phi) is 7.10. The number of methoxy groups -OCH3 is 1. The number of benzene rings is 4. The summed E-state index contributed by atoms with van der Waals surface area (Å²) in [6.07, 6.45) is 1.63. The van der Waals surface area contributed by atoms with Gasteiger partial charge in [0, 0.05) is 6.07 Å². The van der Waals surface area contributed by atoms with E-state index >= 15 is 0 Å². The second kappa shape index (κ2) is 10.8. The second-order valence-corrected chi connectivity index (χ2v) is 9.53. The third kappa shape index (κ3) is 5.23. The smallest absolute Gasteiger partial charge is 0.293 e. The first kappa shape index (κ1) is 25.0. The van der Waals surface area contributed by atoms with E-state index in [4.69, 9.17) is 9.47 Å². The number of rotatable bonds is 8. The summed E-state index contributed by atoms with van der Waals surface area (Å²) in [6, 6.07) is 25.2. The van der Waals surface area contributed by atoms with Gasteiger partial charge in [-0.25, -0.2) is 0 Å². The van der Waals surface area contributed by atoms with E-state index in [1.165, 1.54) is 18.1 Å². The number of thioether (sulfide) groups is 1. The second-order valence-electron chi connectivity index (χ2n) is 8.53. The molecular weight excluding hydrogens is 504 g/mol. The predicted octanol–water partition coefficient (Wildman–Crippen LogP) is 6.57. The Bertz CT molecular complexity index is 1600. The molecule has 8 nitrogen and oxygen atoms in total. The number of nitrogens with zero attached hydrogens (tertiary/aromatic N) is 2. The molecule has 2 amide bonds. The fraction of sp³-hybridized carbons (Fsp3) is 0.103. The van der Waals surface area contributed by atoms with Crippen LogP contribution in [0.15, 0.2) is 89.8 Å². The van der Waals surface area contributed by atoms with Crippen molar-refractivity contribution in [3.05, 3.63) is 117 Å². The van der Waals surface area contributed by atoms with Gasteiger partial charge in [-0.1, -0.05) is 54.6 Å². The number of ether oxygens (including phenoxy) is 2. The molecule has 0 aromatic heterocycles. The van der Waals surface area contributed by atoms with E-state index in [0.29, 0.717) is 27.5 Å². The summed E-state index contributed by atoms with van der Waals surface area (Å²) in [5.74, 6) is 0.422. The van der Waals surface area contributed by atoms with E-state index in [2.05, 4.69) is 0 Å². The fourth-order valence-corrected chi connectivity index (χ4v) is 5.01. The molecule has 0 radical (unpaired) electrons. The molecule has 4 aromatic rings. The molecule has 0 saturated carbocycles. The van der Waals surface area contributed by atoms with Crippen LogP contribution >= 0.6 is 11.8 Å². The molecule has 0 spiro atoms. The molecule has 190 valence electrons. The van der Waals surface area contributed by atoms with Gasteiger partial charge in [0.25, 0.3) is 16.8 Å². The van der Waals surface area contributed by atoms with Crippen molar-refractivity contribution in [1.82, 2.24) is 4.90 Å². The zero-order valence-corrected chi connectivity index (χ0v) is 21.1. The van der Waals surface area contributed by atoms with Crippen LogP contribution in [0.3, 0.4) is 0 Å². The van der Waals surface area contributed by atoms with Gasteiger partial charge in [0.2, 0.25) is 0 Å². The number of carbonyl (C=O) groups excluding carboxylic acids is 2. The van der Waals surface area contributed by atoms with Gasteiger partial charge >= 0.3 is 0 Å². The molecule has 0 N–H and O–H groups in total. The van der Waals surface area contributed by atoms with Gasteiger partial charge in [-0.2, -0.15) is 0 Å². The molecule has 0 bridgehead atoms. The maximum Gasteiger partial charge on any atom is 0.293 e. The minimum atomic E-state index is -0.458. The Morgan fingerprint density at radius 2 is 1.68 bits per heavy atom.